The third kappa shape index (κ3) is 6.45. The number of nitrogens with zero attached hydrogens (tertiary/aromatic N) is 1. The SMILES string of the molecule is CCOC(=O)c1cc(-c2ccccc2)sc1NC(=O)CNC(=O)c1cccc(S(=O)(=O)N2CCOCC2)c1. The van der Waals surface area contributed by atoms with Crippen molar-refractivity contribution < 1.29 is 32.3 Å². The van der Waals surface area contributed by atoms with Gasteiger partial charge in [-0.15, -0.1) is 11.3 Å². The van der Waals surface area contributed by atoms with Crippen LogP contribution < -0.4 is 10.6 Å². The van der Waals surface area contributed by atoms with Crippen molar-refractivity contribution in [2.75, 3.05) is 44.8 Å². The lowest BCUT2D eigenvalue weighted by atomic mass is 10.1. The van der Waals surface area contributed by atoms with Crippen molar-refractivity contribution >= 4 is 44.1 Å². The van der Waals surface area contributed by atoms with Crippen LogP contribution in [-0.4, -0.2) is 70.0 Å². The molecule has 1 fully saturated rings. The number of amides is 2. The van der Waals surface area contributed by atoms with Gasteiger partial charge < -0.3 is 20.1 Å². The van der Waals surface area contributed by atoms with E-state index in [1.54, 1.807) is 13.0 Å². The van der Waals surface area contributed by atoms with Crippen molar-refractivity contribution in [3.8, 4) is 10.4 Å². The van der Waals surface area contributed by atoms with Gasteiger partial charge in [-0.3, -0.25) is 9.59 Å². The minimum absolute atomic E-state index is 0.0115. The van der Waals surface area contributed by atoms with E-state index in [0.717, 1.165) is 10.4 Å². The van der Waals surface area contributed by atoms with Crippen molar-refractivity contribution in [2.45, 2.75) is 11.8 Å². The van der Waals surface area contributed by atoms with E-state index in [0.29, 0.717) is 18.2 Å². The number of benzene rings is 2. The molecule has 200 valence electrons. The van der Waals surface area contributed by atoms with E-state index < -0.39 is 27.8 Å². The molecular weight excluding hydrogens is 530 g/mol. The maximum Gasteiger partial charge on any atom is 0.341 e. The van der Waals surface area contributed by atoms with Gasteiger partial charge >= 0.3 is 5.97 Å². The van der Waals surface area contributed by atoms with Gasteiger partial charge in [-0.2, -0.15) is 4.31 Å². The first kappa shape index (κ1) is 27.5. The quantitative estimate of drug-likeness (QED) is 0.387. The topological polar surface area (TPSA) is 131 Å². The molecule has 0 radical (unpaired) electrons. The normalized spacial score (nSPS) is 14.0. The van der Waals surface area contributed by atoms with E-state index in [9.17, 15) is 22.8 Å². The minimum atomic E-state index is -3.78. The highest BCUT2D eigenvalue weighted by Gasteiger charge is 2.27. The van der Waals surface area contributed by atoms with E-state index in [1.807, 2.05) is 30.3 Å². The zero-order chi connectivity index (χ0) is 27.1. The van der Waals surface area contributed by atoms with Crippen LogP contribution in [0.5, 0.6) is 0 Å². The van der Waals surface area contributed by atoms with Crippen LogP contribution in [0.1, 0.15) is 27.6 Å². The van der Waals surface area contributed by atoms with E-state index in [-0.39, 0.29) is 42.3 Å². The van der Waals surface area contributed by atoms with Gasteiger partial charge in [0.25, 0.3) is 5.91 Å². The predicted molar refractivity (Wildman–Crippen MR) is 143 cm³/mol. The van der Waals surface area contributed by atoms with E-state index in [1.165, 1.54) is 39.9 Å². The molecule has 0 atom stereocenters. The van der Waals surface area contributed by atoms with Gasteiger partial charge in [0, 0.05) is 23.5 Å². The second-order valence-electron chi connectivity index (χ2n) is 8.22. The molecule has 12 heteroatoms. The third-order valence-corrected chi connectivity index (χ3v) is 8.65. The molecule has 1 aliphatic heterocycles. The largest absolute Gasteiger partial charge is 0.462 e. The Morgan fingerprint density at radius 1 is 1.03 bits per heavy atom. The average molecular weight is 558 g/mol. The molecule has 2 N–H and O–H groups in total. The molecule has 0 unspecified atom stereocenters. The van der Waals surface area contributed by atoms with E-state index >= 15 is 0 Å². The Morgan fingerprint density at radius 2 is 1.76 bits per heavy atom. The number of hydrogen-bond donors (Lipinski definition) is 2. The Hall–Kier alpha value is -3.58. The number of hydrogen-bond acceptors (Lipinski definition) is 8. The number of rotatable bonds is 9. The molecule has 1 saturated heterocycles. The van der Waals surface area contributed by atoms with Gasteiger partial charge in [0.05, 0.1) is 36.8 Å². The Kier molecular flexibility index (Phi) is 8.89. The third-order valence-electron chi connectivity index (χ3n) is 5.65. The average Bonchev–Trinajstić information content (AvgIpc) is 3.36. The summed E-state index contributed by atoms with van der Waals surface area (Å²) in [5.41, 5.74) is 1.20. The first-order valence-corrected chi connectivity index (χ1v) is 14.2. The van der Waals surface area contributed by atoms with Crippen LogP contribution in [0, 0.1) is 0 Å². The highest BCUT2D eigenvalue weighted by molar-refractivity contribution is 7.89. The molecule has 10 nitrogen and oxygen atoms in total. The van der Waals surface area contributed by atoms with Crippen molar-refractivity contribution in [1.82, 2.24) is 9.62 Å². The lowest BCUT2D eigenvalue weighted by Gasteiger charge is -2.26. The Labute approximate surface area is 224 Å². The van der Waals surface area contributed by atoms with Gasteiger partial charge in [-0.05, 0) is 36.8 Å². The van der Waals surface area contributed by atoms with Crippen LogP contribution in [0.4, 0.5) is 5.00 Å². The Morgan fingerprint density at radius 3 is 2.47 bits per heavy atom. The number of nitrogens with one attached hydrogen (secondary N) is 2. The summed E-state index contributed by atoms with van der Waals surface area (Å²) < 4.78 is 37.5. The number of anilines is 1. The lowest BCUT2D eigenvalue weighted by molar-refractivity contribution is -0.115. The van der Waals surface area contributed by atoms with Gasteiger partial charge in [0.15, 0.2) is 0 Å². The second-order valence-corrected chi connectivity index (χ2v) is 11.2. The smallest absolute Gasteiger partial charge is 0.341 e. The van der Waals surface area contributed by atoms with Gasteiger partial charge in [0.2, 0.25) is 15.9 Å². The number of ether oxygens (including phenoxy) is 2. The number of thiophene rings is 1. The second kappa shape index (κ2) is 12.3. The molecule has 2 aromatic carbocycles. The Balaban J connectivity index is 1.43. The van der Waals surface area contributed by atoms with Crippen molar-refractivity contribution in [3.05, 3.63) is 71.8 Å². The van der Waals surface area contributed by atoms with Gasteiger partial charge in [-0.25, -0.2) is 13.2 Å². The molecule has 0 bridgehead atoms. The number of carbonyl (C=O) groups excluding carboxylic acids is 3. The zero-order valence-electron chi connectivity index (χ0n) is 20.6. The fraction of sp³-hybridized carbons (Fsp3) is 0.269. The summed E-state index contributed by atoms with van der Waals surface area (Å²) in [6.07, 6.45) is 0. The number of esters is 1. The number of morpholine rings is 1. The molecule has 1 aromatic heterocycles. The summed E-state index contributed by atoms with van der Waals surface area (Å²) >= 11 is 1.22. The highest BCUT2D eigenvalue weighted by Crippen LogP contribution is 2.35. The van der Waals surface area contributed by atoms with Crippen LogP contribution >= 0.6 is 11.3 Å². The van der Waals surface area contributed by atoms with Gasteiger partial charge in [-0.1, -0.05) is 36.4 Å². The zero-order valence-corrected chi connectivity index (χ0v) is 22.3. The predicted octanol–water partition coefficient (Wildman–Crippen LogP) is 2.98. The van der Waals surface area contributed by atoms with Crippen LogP contribution in [0.15, 0.2) is 65.6 Å². The molecule has 1 aliphatic rings. The molecule has 0 saturated carbocycles. The molecule has 0 aliphatic carbocycles. The van der Waals surface area contributed by atoms with Crippen LogP contribution in [0.2, 0.25) is 0 Å². The summed E-state index contributed by atoms with van der Waals surface area (Å²) in [6, 6.07) is 16.7. The van der Waals surface area contributed by atoms with Crippen molar-refractivity contribution in [2.24, 2.45) is 0 Å². The maximum atomic E-state index is 12.9. The fourth-order valence-electron chi connectivity index (χ4n) is 3.76. The monoisotopic (exact) mass is 557 g/mol. The van der Waals surface area contributed by atoms with Crippen LogP contribution in [-0.2, 0) is 24.3 Å². The van der Waals surface area contributed by atoms with Crippen LogP contribution in [0.25, 0.3) is 10.4 Å². The minimum Gasteiger partial charge on any atom is -0.462 e. The summed E-state index contributed by atoms with van der Waals surface area (Å²) in [7, 11) is -3.78. The molecule has 38 heavy (non-hydrogen) atoms. The molecule has 0 spiro atoms. The summed E-state index contributed by atoms with van der Waals surface area (Å²) in [6.45, 7) is 2.58. The standard InChI is InChI=1S/C26H27N3O7S2/c1-2-36-26(32)21-16-22(18-7-4-3-5-8-18)37-25(21)28-23(30)17-27-24(31)19-9-6-10-20(15-19)38(33,34)29-11-13-35-14-12-29/h3-10,15-16H,2,11-14,17H2,1H3,(H,27,31)(H,28,30). The van der Waals surface area contributed by atoms with E-state index in [2.05, 4.69) is 10.6 Å². The van der Waals surface area contributed by atoms with Gasteiger partial charge in [0.1, 0.15) is 5.00 Å². The van der Waals surface area contributed by atoms with Crippen molar-refractivity contribution in [1.29, 1.82) is 0 Å². The fourth-order valence-corrected chi connectivity index (χ4v) is 6.28. The molecule has 2 amide bonds. The summed E-state index contributed by atoms with van der Waals surface area (Å²) in [5, 5.41) is 5.48. The molecule has 2 heterocycles. The van der Waals surface area contributed by atoms with E-state index in [4.69, 9.17) is 9.47 Å². The number of sulfonamides is 1. The summed E-state index contributed by atoms with van der Waals surface area (Å²) in [4.78, 5) is 38.6. The molecular formula is C26H27N3O7S2. The highest BCUT2D eigenvalue weighted by atomic mass is 32.2. The summed E-state index contributed by atoms with van der Waals surface area (Å²) in [5.74, 6) is -1.73. The first-order valence-electron chi connectivity index (χ1n) is 11.9. The first-order chi connectivity index (χ1) is 18.3. The molecule has 3 aromatic rings. The van der Waals surface area contributed by atoms with Crippen LogP contribution in [0.3, 0.4) is 0 Å². The number of carbonyl (C=O) groups is 3. The van der Waals surface area contributed by atoms with Crippen molar-refractivity contribution in [3.63, 3.8) is 0 Å². The molecule has 4 rings (SSSR count). The maximum absolute atomic E-state index is 12.9. The lowest BCUT2D eigenvalue weighted by Crippen LogP contribution is -2.40. The Bertz CT molecular complexity index is 1420.